The van der Waals surface area contributed by atoms with Gasteiger partial charge in [-0.25, -0.2) is 0 Å². The highest BCUT2D eigenvalue weighted by Gasteiger charge is 2.57. The molecule has 140 valence electrons. The summed E-state index contributed by atoms with van der Waals surface area (Å²) < 4.78 is 12.5. The fourth-order valence-corrected chi connectivity index (χ4v) is 5.52. The minimum atomic E-state index is -1.82. The van der Waals surface area contributed by atoms with E-state index in [1.807, 2.05) is 0 Å². The summed E-state index contributed by atoms with van der Waals surface area (Å²) in [4.78, 5) is 0. The lowest BCUT2D eigenvalue weighted by Crippen LogP contribution is -2.56. The van der Waals surface area contributed by atoms with Gasteiger partial charge in [-0.3, -0.25) is 0 Å². The summed E-state index contributed by atoms with van der Waals surface area (Å²) in [6.07, 6.45) is 5.95. The van der Waals surface area contributed by atoms with E-state index in [0.717, 1.165) is 38.0 Å². The van der Waals surface area contributed by atoms with Crippen LogP contribution in [0.25, 0.3) is 0 Å². The summed E-state index contributed by atoms with van der Waals surface area (Å²) >= 11 is 0. The van der Waals surface area contributed by atoms with Gasteiger partial charge < -0.3 is 14.3 Å². The minimum absolute atomic E-state index is 0.0781. The van der Waals surface area contributed by atoms with Crippen LogP contribution >= 0.6 is 0 Å². The molecule has 1 N–H and O–H groups in total. The molecule has 0 aromatic heterocycles. The Kier molecular flexibility index (Phi) is 5.37. The third-order valence-electron chi connectivity index (χ3n) is 7.28. The summed E-state index contributed by atoms with van der Waals surface area (Å²) in [7, 11) is -0.0294. The predicted molar refractivity (Wildman–Crippen MR) is 102 cm³/mol. The van der Waals surface area contributed by atoms with Gasteiger partial charge in [0.15, 0.2) is 8.32 Å². The van der Waals surface area contributed by atoms with Crippen molar-refractivity contribution in [2.24, 2.45) is 16.7 Å². The lowest BCUT2D eigenvalue weighted by molar-refractivity contribution is -0.123. The first-order valence-corrected chi connectivity index (χ1v) is 12.4. The van der Waals surface area contributed by atoms with E-state index in [1.54, 1.807) is 7.11 Å². The van der Waals surface area contributed by atoms with Gasteiger partial charge in [0.1, 0.15) is 5.76 Å². The molecule has 0 unspecified atom stereocenters. The molecule has 2 aliphatic carbocycles. The molecule has 3 nitrogen and oxygen atoms in total. The monoisotopic (exact) mass is 354 g/mol. The summed E-state index contributed by atoms with van der Waals surface area (Å²) in [6.45, 7) is 16.7. The highest BCUT2D eigenvalue weighted by atomic mass is 28.4. The quantitative estimate of drug-likeness (QED) is 0.713. The van der Waals surface area contributed by atoms with Crippen LogP contribution in [0.2, 0.25) is 18.1 Å². The summed E-state index contributed by atoms with van der Waals surface area (Å²) in [5, 5.41) is 10.8. The van der Waals surface area contributed by atoms with Crippen molar-refractivity contribution >= 4 is 8.32 Å². The van der Waals surface area contributed by atoms with Crippen molar-refractivity contribution < 1.29 is 14.3 Å². The van der Waals surface area contributed by atoms with Crippen LogP contribution < -0.4 is 0 Å². The molecule has 0 aromatic rings. The minimum Gasteiger partial charge on any atom is -0.501 e. The first kappa shape index (κ1) is 20.0. The average Bonchev–Trinajstić information content (AvgIpc) is 2.48. The smallest absolute Gasteiger partial charge is 0.192 e. The lowest BCUT2D eigenvalue weighted by Gasteiger charge is -2.57. The van der Waals surface area contributed by atoms with E-state index in [4.69, 9.17) is 9.16 Å². The van der Waals surface area contributed by atoms with E-state index in [0.29, 0.717) is 5.92 Å². The van der Waals surface area contributed by atoms with Gasteiger partial charge in [-0.1, -0.05) is 34.6 Å². The van der Waals surface area contributed by atoms with Gasteiger partial charge in [0.25, 0.3) is 0 Å². The standard InChI is InChI=1S/C20H38O3Si/c1-18(2,3)24(7,8)23-14-20-13-12-16(21)19(4,5)15(20)10-9-11-17(20)22-6/h11,15-16,21H,9-10,12-14H2,1-8H3/t15-,16-,20+/m1/s1. The molecule has 2 aliphatic rings. The molecule has 24 heavy (non-hydrogen) atoms. The maximum absolute atomic E-state index is 10.6. The number of ether oxygens (including phenoxy) is 1. The molecule has 0 amide bonds. The van der Waals surface area contributed by atoms with E-state index in [9.17, 15) is 5.11 Å². The Morgan fingerprint density at radius 1 is 1.25 bits per heavy atom. The highest BCUT2D eigenvalue weighted by molar-refractivity contribution is 6.74. The second-order valence-corrected chi connectivity index (χ2v) is 14.8. The van der Waals surface area contributed by atoms with Gasteiger partial charge in [0.05, 0.1) is 18.6 Å². The number of hydrogen-bond donors (Lipinski definition) is 1. The summed E-state index contributed by atoms with van der Waals surface area (Å²) in [6, 6.07) is 0. The Morgan fingerprint density at radius 2 is 1.88 bits per heavy atom. The van der Waals surface area contributed by atoms with Gasteiger partial charge in [-0.2, -0.15) is 0 Å². The molecule has 1 fully saturated rings. The van der Waals surface area contributed by atoms with Crippen molar-refractivity contribution in [3.8, 4) is 0 Å². The van der Waals surface area contributed by atoms with Crippen molar-refractivity contribution in [3.05, 3.63) is 11.8 Å². The zero-order valence-electron chi connectivity index (χ0n) is 17.0. The van der Waals surface area contributed by atoms with E-state index in [2.05, 4.69) is 53.8 Å². The zero-order chi connectivity index (χ0) is 18.4. The van der Waals surface area contributed by atoms with Gasteiger partial charge >= 0.3 is 0 Å². The van der Waals surface area contributed by atoms with Crippen LogP contribution in [-0.4, -0.2) is 33.2 Å². The van der Waals surface area contributed by atoms with Crippen LogP contribution in [0.15, 0.2) is 11.8 Å². The average molecular weight is 355 g/mol. The van der Waals surface area contributed by atoms with Crippen molar-refractivity contribution in [3.63, 3.8) is 0 Å². The molecule has 1 saturated carbocycles. The Hall–Kier alpha value is -0.323. The predicted octanol–water partition coefficient (Wildman–Crippen LogP) is 5.12. The van der Waals surface area contributed by atoms with E-state index in [-0.39, 0.29) is 22.0 Å². The van der Waals surface area contributed by atoms with Crippen LogP contribution in [0.5, 0.6) is 0 Å². The summed E-state index contributed by atoms with van der Waals surface area (Å²) in [5.41, 5.74) is -0.182. The highest BCUT2D eigenvalue weighted by Crippen LogP contribution is 2.59. The van der Waals surface area contributed by atoms with Crippen LogP contribution in [0.4, 0.5) is 0 Å². The number of aliphatic hydroxyl groups excluding tert-OH is 1. The molecule has 0 bridgehead atoms. The normalized spacial score (nSPS) is 33.6. The Bertz CT molecular complexity index is 490. The van der Waals surface area contributed by atoms with Gasteiger partial charge in [0.2, 0.25) is 0 Å². The van der Waals surface area contributed by atoms with Gasteiger partial charge in [0, 0.05) is 6.61 Å². The summed E-state index contributed by atoms with van der Waals surface area (Å²) in [5.74, 6) is 1.50. The van der Waals surface area contributed by atoms with Crippen molar-refractivity contribution in [2.45, 2.75) is 84.5 Å². The number of hydrogen-bond acceptors (Lipinski definition) is 3. The van der Waals surface area contributed by atoms with Crippen LogP contribution in [-0.2, 0) is 9.16 Å². The maximum atomic E-state index is 10.6. The Labute approximate surface area is 149 Å². The van der Waals surface area contributed by atoms with E-state index in [1.165, 1.54) is 0 Å². The van der Waals surface area contributed by atoms with Crippen molar-refractivity contribution in [1.82, 2.24) is 0 Å². The number of allylic oxidation sites excluding steroid dienone is 1. The second kappa shape index (κ2) is 6.44. The number of aliphatic hydroxyl groups is 1. The number of rotatable bonds is 4. The topological polar surface area (TPSA) is 38.7 Å². The molecule has 0 spiro atoms. The fourth-order valence-electron chi connectivity index (χ4n) is 4.47. The Balaban J connectivity index is 2.36. The first-order chi connectivity index (χ1) is 10.9. The zero-order valence-corrected chi connectivity index (χ0v) is 18.0. The molecule has 0 aromatic carbocycles. The van der Waals surface area contributed by atoms with Gasteiger partial charge in [-0.15, -0.1) is 0 Å². The molecule has 3 atom stereocenters. The van der Waals surface area contributed by atoms with Crippen molar-refractivity contribution in [2.75, 3.05) is 13.7 Å². The molecule has 2 rings (SSSR count). The lowest BCUT2D eigenvalue weighted by atomic mass is 9.51. The fraction of sp³-hybridized carbons (Fsp3) is 0.900. The molecular weight excluding hydrogens is 316 g/mol. The number of fused-ring (bicyclic) bond motifs is 1. The number of methoxy groups -OCH3 is 1. The molecule has 0 heterocycles. The van der Waals surface area contributed by atoms with E-state index >= 15 is 0 Å². The van der Waals surface area contributed by atoms with Crippen LogP contribution in [0.3, 0.4) is 0 Å². The van der Waals surface area contributed by atoms with Gasteiger partial charge in [-0.05, 0) is 61.2 Å². The molecule has 0 radical (unpaired) electrons. The molecule has 0 saturated heterocycles. The largest absolute Gasteiger partial charge is 0.501 e. The Morgan fingerprint density at radius 3 is 2.42 bits per heavy atom. The first-order valence-electron chi connectivity index (χ1n) is 9.45. The second-order valence-electron chi connectivity index (χ2n) is 9.98. The molecular formula is C20H38O3Si. The van der Waals surface area contributed by atoms with Crippen molar-refractivity contribution in [1.29, 1.82) is 0 Å². The SMILES string of the molecule is COC1=CCC[C@@H]2C(C)(C)[C@H](O)CC[C@@]12CO[Si](C)(C)C(C)(C)C. The third-order valence-corrected chi connectivity index (χ3v) is 11.8. The molecule has 4 heteroatoms. The molecule has 0 aliphatic heterocycles. The van der Waals surface area contributed by atoms with Crippen LogP contribution in [0, 0.1) is 16.7 Å². The van der Waals surface area contributed by atoms with Crippen LogP contribution in [0.1, 0.15) is 60.3 Å². The third kappa shape index (κ3) is 3.22. The van der Waals surface area contributed by atoms with E-state index < -0.39 is 8.32 Å². The maximum Gasteiger partial charge on any atom is 0.192 e.